The smallest absolute Gasteiger partial charge is 0.233 e. The highest BCUT2D eigenvalue weighted by Crippen LogP contribution is 2.15. The zero-order valence-corrected chi connectivity index (χ0v) is 24.3. The highest BCUT2D eigenvalue weighted by atomic mass is 15.3. The van der Waals surface area contributed by atoms with E-state index in [2.05, 4.69) is 88.4 Å². The first kappa shape index (κ1) is 30.9. The van der Waals surface area contributed by atoms with Crippen LogP contribution >= 0.6 is 0 Å². The van der Waals surface area contributed by atoms with E-state index in [0.717, 1.165) is 0 Å². The van der Waals surface area contributed by atoms with Gasteiger partial charge in [-0.15, -0.1) is 0 Å². The van der Waals surface area contributed by atoms with Crippen LogP contribution in [-0.2, 0) is 0 Å². The summed E-state index contributed by atoms with van der Waals surface area (Å²) in [5, 5.41) is 19.9. The first-order chi connectivity index (χ1) is 16.7. The monoisotopic (exact) mass is 503 g/mol. The molecule has 0 fully saturated rings. The van der Waals surface area contributed by atoms with Gasteiger partial charge in [0.15, 0.2) is 17.9 Å². The van der Waals surface area contributed by atoms with Gasteiger partial charge >= 0.3 is 0 Å². The average Bonchev–Trinajstić information content (AvgIpc) is 2.64. The van der Waals surface area contributed by atoms with Crippen LogP contribution in [0.4, 0.5) is 17.6 Å². The van der Waals surface area contributed by atoms with Crippen LogP contribution in [0.1, 0.15) is 83.1 Å². The topological polar surface area (TPSA) is 135 Å². The third kappa shape index (κ3) is 13.7. The largest absolute Gasteiger partial charge is 0.354 e. The molecule has 11 nitrogen and oxygen atoms in total. The summed E-state index contributed by atoms with van der Waals surface area (Å²) in [6.07, 6.45) is 0. The van der Waals surface area contributed by atoms with Crippen LogP contribution < -0.4 is 31.9 Å². The third-order valence-electron chi connectivity index (χ3n) is 3.89. The standard InChI is InChI=1S/C25H49N11/c1-14(2)26-22(27-15(3)4)32-20-13-21(33-23(28-16(5)6)29-17(7)8)35-25(34-20)36-24(30-18(9)10)31-19(11)12/h13-19H,1-12H3,(H6,26,27,28,29,30,31,32,33,34,35,36). The summed E-state index contributed by atoms with van der Waals surface area (Å²) in [7, 11) is 0. The number of nitrogens with zero attached hydrogens (tertiary/aromatic N) is 5. The van der Waals surface area contributed by atoms with E-state index < -0.39 is 0 Å². The molecule has 6 N–H and O–H groups in total. The van der Waals surface area contributed by atoms with Crippen LogP contribution in [-0.4, -0.2) is 64.1 Å². The molecule has 1 aromatic heterocycles. The Balaban J connectivity index is 3.49. The molecule has 11 heteroatoms. The predicted octanol–water partition coefficient (Wildman–Crippen LogP) is 4.00. The Labute approximate surface area is 218 Å². The molecule has 1 heterocycles. The van der Waals surface area contributed by atoms with Gasteiger partial charge in [0.05, 0.1) is 0 Å². The highest BCUT2D eigenvalue weighted by Gasteiger charge is 2.13. The lowest BCUT2D eigenvalue weighted by molar-refractivity contribution is 0.716. The highest BCUT2D eigenvalue weighted by molar-refractivity contribution is 5.97. The summed E-state index contributed by atoms with van der Waals surface area (Å²) in [4.78, 5) is 23.4. The second kappa shape index (κ2) is 15.1. The Bertz CT molecular complexity index is 757. The van der Waals surface area contributed by atoms with Crippen molar-refractivity contribution in [1.29, 1.82) is 0 Å². The number of rotatable bonds is 9. The lowest BCUT2D eigenvalue weighted by Crippen LogP contribution is -2.39. The van der Waals surface area contributed by atoms with Crippen molar-refractivity contribution >= 4 is 35.5 Å². The van der Waals surface area contributed by atoms with Gasteiger partial charge in [-0.2, -0.15) is 9.97 Å². The Morgan fingerprint density at radius 2 is 0.833 bits per heavy atom. The second-order valence-electron chi connectivity index (χ2n) is 10.4. The van der Waals surface area contributed by atoms with E-state index in [1.165, 1.54) is 0 Å². The van der Waals surface area contributed by atoms with Gasteiger partial charge in [0.2, 0.25) is 5.95 Å². The van der Waals surface area contributed by atoms with Crippen LogP contribution in [0.25, 0.3) is 0 Å². The number of guanidine groups is 3. The van der Waals surface area contributed by atoms with Gasteiger partial charge in [0, 0.05) is 42.3 Å². The van der Waals surface area contributed by atoms with Gasteiger partial charge in [0.1, 0.15) is 11.6 Å². The Morgan fingerprint density at radius 1 is 0.528 bits per heavy atom. The van der Waals surface area contributed by atoms with Gasteiger partial charge in [-0.25, -0.2) is 0 Å². The molecule has 36 heavy (non-hydrogen) atoms. The molecule has 0 saturated heterocycles. The molecule has 0 atom stereocenters. The fourth-order valence-corrected chi connectivity index (χ4v) is 2.89. The number of hydrogen-bond donors (Lipinski definition) is 6. The molecular formula is C25H49N11. The van der Waals surface area contributed by atoms with Gasteiger partial charge < -0.3 is 26.6 Å². The summed E-state index contributed by atoms with van der Waals surface area (Å²) in [6, 6.07) is 2.73. The normalized spacial score (nSPS) is 13.3. The number of nitrogens with one attached hydrogen (secondary N) is 6. The molecule has 0 aliphatic heterocycles. The molecule has 0 spiro atoms. The van der Waals surface area contributed by atoms with E-state index in [4.69, 9.17) is 9.97 Å². The van der Waals surface area contributed by atoms with Crippen LogP contribution in [0.3, 0.4) is 0 Å². The van der Waals surface area contributed by atoms with Crippen molar-refractivity contribution < 1.29 is 0 Å². The molecule has 0 bridgehead atoms. The third-order valence-corrected chi connectivity index (χ3v) is 3.89. The minimum absolute atomic E-state index is 0.0951. The predicted molar refractivity (Wildman–Crippen MR) is 155 cm³/mol. The quantitative estimate of drug-likeness (QED) is 0.220. The lowest BCUT2D eigenvalue weighted by atomic mass is 10.4. The number of hydrogen-bond acceptors (Lipinski definition) is 5. The summed E-state index contributed by atoms with van der Waals surface area (Å²) >= 11 is 0. The van der Waals surface area contributed by atoms with Crippen molar-refractivity contribution in [3.8, 4) is 0 Å². The maximum atomic E-state index is 4.70. The minimum atomic E-state index is 0.0951. The van der Waals surface area contributed by atoms with E-state index >= 15 is 0 Å². The molecular weight excluding hydrogens is 454 g/mol. The van der Waals surface area contributed by atoms with Crippen molar-refractivity contribution in [2.45, 2.75) is 119 Å². The average molecular weight is 504 g/mol. The first-order valence-electron chi connectivity index (χ1n) is 13.0. The van der Waals surface area contributed by atoms with Gasteiger partial charge in [-0.3, -0.25) is 20.3 Å². The van der Waals surface area contributed by atoms with Crippen LogP contribution in [0.15, 0.2) is 21.0 Å². The van der Waals surface area contributed by atoms with Crippen molar-refractivity contribution in [3.63, 3.8) is 0 Å². The van der Waals surface area contributed by atoms with Crippen LogP contribution in [0.2, 0.25) is 0 Å². The minimum Gasteiger partial charge on any atom is -0.354 e. The summed E-state index contributed by atoms with van der Waals surface area (Å²) in [5.74, 6) is 3.42. The van der Waals surface area contributed by atoms with E-state index in [0.29, 0.717) is 35.5 Å². The molecule has 0 radical (unpaired) electrons. The lowest BCUT2D eigenvalue weighted by Gasteiger charge is -2.19. The fourth-order valence-electron chi connectivity index (χ4n) is 2.89. The molecule has 1 aromatic rings. The van der Waals surface area contributed by atoms with Crippen molar-refractivity contribution in [3.05, 3.63) is 6.07 Å². The van der Waals surface area contributed by atoms with Crippen molar-refractivity contribution in [2.75, 3.05) is 16.0 Å². The molecule has 0 aromatic carbocycles. The first-order valence-corrected chi connectivity index (χ1v) is 13.0. The van der Waals surface area contributed by atoms with Crippen LogP contribution in [0, 0.1) is 0 Å². The maximum absolute atomic E-state index is 4.70. The molecule has 0 saturated carbocycles. The number of aliphatic imine (C=N–C) groups is 3. The Kier molecular flexibility index (Phi) is 13.0. The maximum Gasteiger partial charge on any atom is 0.233 e. The molecule has 0 unspecified atom stereocenters. The van der Waals surface area contributed by atoms with E-state index in [-0.39, 0.29) is 36.3 Å². The zero-order chi connectivity index (χ0) is 27.4. The van der Waals surface area contributed by atoms with Crippen LogP contribution in [0.5, 0.6) is 0 Å². The Morgan fingerprint density at radius 3 is 1.11 bits per heavy atom. The van der Waals surface area contributed by atoms with E-state index in [9.17, 15) is 0 Å². The summed E-state index contributed by atoms with van der Waals surface area (Å²) in [6.45, 7) is 24.5. The second-order valence-corrected chi connectivity index (χ2v) is 10.4. The Hall–Kier alpha value is -3.11. The molecule has 0 aliphatic carbocycles. The van der Waals surface area contributed by atoms with Gasteiger partial charge in [0.25, 0.3) is 0 Å². The van der Waals surface area contributed by atoms with Gasteiger partial charge in [-0.1, -0.05) is 0 Å². The van der Waals surface area contributed by atoms with Crippen molar-refractivity contribution in [1.82, 2.24) is 25.9 Å². The number of aromatic nitrogens is 2. The summed E-state index contributed by atoms with van der Waals surface area (Å²) in [5.41, 5.74) is 0. The van der Waals surface area contributed by atoms with E-state index in [1.807, 2.05) is 47.6 Å². The molecule has 0 amide bonds. The van der Waals surface area contributed by atoms with Gasteiger partial charge in [-0.05, 0) is 83.1 Å². The fraction of sp³-hybridized carbons (Fsp3) is 0.720. The zero-order valence-electron chi connectivity index (χ0n) is 24.3. The SMILES string of the molecule is CC(C)N=C(Nc1cc(NC(=NC(C)C)NC(C)C)nc(NC(=NC(C)C)NC(C)C)n1)NC(C)C. The van der Waals surface area contributed by atoms with E-state index in [1.54, 1.807) is 0 Å². The van der Waals surface area contributed by atoms with Crippen molar-refractivity contribution in [2.24, 2.45) is 15.0 Å². The molecule has 1 rings (SSSR count). The molecule has 0 aliphatic rings. The number of anilines is 3. The molecule has 204 valence electrons. The summed E-state index contributed by atoms with van der Waals surface area (Å²) < 4.78 is 0.